The largest absolute Gasteiger partial charge is 0.453 e. The summed E-state index contributed by atoms with van der Waals surface area (Å²) in [5, 5.41) is 6.16. The first-order chi connectivity index (χ1) is 9.65. The summed E-state index contributed by atoms with van der Waals surface area (Å²) in [6.45, 7) is 2.16. The molecule has 1 aromatic heterocycles. The van der Waals surface area contributed by atoms with Gasteiger partial charge >= 0.3 is 0 Å². The Bertz CT molecular complexity index is 663. The Morgan fingerprint density at radius 2 is 2.05 bits per heavy atom. The highest BCUT2D eigenvalue weighted by Crippen LogP contribution is 2.41. The number of fused-ring (bicyclic) bond motifs is 1. The molecule has 0 bridgehead atoms. The second kappa shape index (κ2) is 5.16. The standard InChI is InChI=1S/C13H13BrN4O2/c1-7-3-11(15-2)18-13(16-7)17-8-4-9(14)12-10(5-8)19-6-20-12/h3-5H,6H2,1-2H3,(H2,15,16,17,18). The van der Waals surface area contributed by atoms with E-state index in [4.69, 9.17) is 9.47 Å². The van der Waals surface area contributed by atoms with Crippen LogP contribution in [-0.2, 0) is 0 Å². The number of benzene rings is 1. The Hall–Kier alpha value is -2.02. The highest BCUT2D eigenvalue weighted by Gasteiger charge is 2.18. The van der Waals surface area contributed by atoms with Crippen molar-refractivity contribution < 1.29 is 9.47 Å². The third kappa shape index (κ3) is 2.49. The minimum Gasteiger partial charge on any atom is -0.453 e. The lowest BCUT2D eigenvalue weighted by atomic mass is 10.3. The molecule has 104 valence electrons. The number of nitrogens with one attached hydrogen (secondary N) is 2. The van der Waals surface area contributed by atoms with E-state index in [1.54, 1.807) is 0 Å². The van der Waals surface area contributed by atoms with Gasteiger partial charge in [-0.25, -0.2) is 4.98 Å². The van der Waals surface area contributed by atoms with Crippen LogP contribution in [-0.4, -0.2) is 23.8 Å². The number of rotatable bonds is 3. The number of aromatic nitrogens is 2. The van der Waals surface area contributed by atoms with Crippen LogP contribution in [0.25, 0.3) is 0 Å². The quantitative estimate of drug-likeness (QED) is 0.897. The van der Waals surface area contributed by atoms with Crippen LogP contribution in [0.3, 0.4) is 0 Å². The fourth-order valence-electron chi connectivity index (χ4n) is 1.92. The average molecular weight is 337 g/mol. The zero-order chi connectivity index (χ0) is 14.1. The molecule has 0 fully saturated rings. The summed E-state index contributed by atoms with van der Waals surface area (Å²) in [4.78, 5) is 8.70. The first-order valence-corrected chi connectivity index (χ1v) is 6.84. The van der Waals surface area contributed by atoms with E-state index in [9.17, 15) is 0 Å². The van der Waals surface area contributed by atoms with E-state index >= 15 is 0 Å². The van der Waals surface area contributed by atoms with E-state index in [1.807, 2.05) is 32.2 Å². The molecule has 0 unspecified atom stereocenters. The summed E-state index contributed by atoms with van der Waals surface area (Å²) in [6, 6.07) is 5.64. The van der Waals surface area contributed by atoms with Gasteiger partial charge in [0, 0.05) is 30.6 Å². The Morgan fingerprint density at radius 3 is 2.85 bits per heavy atom. The molecule has 2 aromatic rings. The van der Waals surface area contributed by atoms with Crippen molar-refractivity contribution in [3.63, 3.8) is 0 Å². The van der Waals surface area contributed by atoms with Gasteiger partial charge in [0.25, 0.3) is 0 Å². The van der Waals surface area contributed by atoms with Gasteiger partial charge in [0.1, 0.15) is 5.82 Å². The van der Waals surface area contributed by atoms with Crippen LogP contribution in [0.2, 0.25) is 0 Å². The maximum absolute atomic E-state index is 5.38. The van der Waals surface area contributed by atoms with Gasteiger partial charge in [0.05, 0.1) is 4.47 Å². The molecule has 0 radical (unpaired) electrons. The fraction of sp³-hybridized carbons (Fsp3) is 0.231. The third-order valence-electron chi connectivity index (χ3n) is 2.79. The smallest absolute Gasteiger partial charge is 0.231 e. The van der Waals surface area contributed by atoms with Crippen LogP contribution in [0, 0.1) is 6.92 Å². The molecule has 0 saturated carbocycles. The minimum absolute atomic E-state index is 0.238. The average Bonchev–Trinajstić information content (AvgIpc) is 2.86. The van der Waals surface area contributed by atoms with Crippen LogP contribution in [0.5, 0.6) is 11.5 Å². The summed E-state index contributed by atoms with van der Waals surface area (Å²) >= 11 is 3.46. The number of halogens is 1. The first-order valence-electron chi connectivity index (χ1n) is 6.05. The van der Waals surface area contributed by atoms with Crippen LogP contribution in [0.15, 0.2) is 22.7 Å². The van der Waals surface area contributed by atoms with Gasteiger partial charge in [-0.2, -0.15) is 4.98 Å². The highest BCUT2D eigenvalue weighted by atomic mass is 79.9. The SMILES string of the molecule is CNc1cc(C)nc(Nc2cc(Br)c3c(c2)OCO3)n1. The number of ether oxygens (including phenoxy) is 2. The molecule has 0 aliphatic carbocycles. The van der Waals surface area contributed by atoms with Gasteiger partial charge < -0.3 is 20.1 Å². The molecule has 0 atom stereocenters. The van der Waals surface area contributed by atoms with Gasteiger partial charge in [0.15, 0.2) is 11.5 Å². The molecule has 0 amide bonds. The van der Waals surface area contributed by atoms with Crippen molar-refractivity contribution in [3.05, 3.63) is 28.4 Å². The zero-order valence-electron chi connectivity index (χ0n) is 11.0. The van der Waals surface area contributed by atoms with Crippen molar-refractivity contribution in [2.45, 2.75) is 6.92 Å². The lowest BCUT2D eigenvalue weighted by Crippen LogP contribution is -2.02. The molecule has 3 rings (SSSR count). The molecule has 20 heavy (non-hydrogen) atoms. The summed E-state index contributed by atoms with van der Waals surface area (Å²) in [5.74, 6) is 2.71. The predicted molar refractivity (Wildman–Crippen MR) is 79.9 cm³/mol. The fourth-order valence-corrected chi connectivity index (χ4v) is 2.48. The Labute approximate surface area is 124 Å². The van der Waals surface area contributed by atoms with Crippen LogP contribution >= 0.6 is 15.9 Å². The molecule has 1 aromatic carbocycles. The zero-order valence-corrected chi connectivity index (χ0v) is 12.6. The number of anilines is 3. The van der Waals surface area contributed by atoms with E-state index in [2.05, 4.69) is 36.5 Å². The third-order valence-corrected chi connectivity index (χ3v) is 3.38. The van der Waals surface area contributed by atoms with Crippen LogP contribution in [0.1, 0.15) is 5.69 Å². The molecule has 1 aliphatic heterocycles. The number of hydrogen-bond donors (Lipinski definition) is 2. The molecule has 2 heterocycles. The number of nitrogens with zero attached hydrogens (tertiary/aromatic N) is 2. The summed E-state index contributed by atoms with van der Waals surface area (Å²) in [5.41, 5.74) is 1.71. The second-order valence-electron chi connectivity index (χ2n) is 4.29. The molecule has 0 spiro atoms. The summed E-state index contributed by atoms with van der Waals surface area (Å²) in [7, 11) is 1.82. The van der Waals surface area contributed by atoms with Gasteiger partial charge in [0.2, 0.25) is 12.7 Å². The lowest BCUT2D eigenvalue weighted by molar-refractivity contribution is 0.173. The molecule has 6 nitrogen and oxygen atoms in total. The van der Waals surface area contributed by atoms with Crippen molar-refractivity contribution in [1.82, 2.24) is 9.97 Å². The Balaban J connectivity index is 1.92. The van der Waals surface area contributed by atoms with E-state index in [-0.39, 0.29) is 6.79 Å². The maximum atomic E-state index is 5.38. The van der Waals surface area contributed by atoms with Gasteiger partial charge in [-0.1, -0.05) is 0 Å². The molecule has 7 heteroatoms. The molecule has 1 aliphatic rings. The van der Waals surface area contributed by atoms with Crippen molar-refractivity contribution in [2.24, 2.45) is 0 Å². The predicted octanol–water partition coefficient (Wildman–Crippen LogP) is 3.06. The monoisotopic (exact) mass is 336 g/mol. The van der Waals surface area contributed by atoms with Crippen molar-refractivity contribution in [2.75, 3.05) is 24.5 Å². The van der Waals surface area contributed by atoms with Crippen molar-refractivity contribution in [1.29, 1.82) is 0 Å². The first kappa shape index (κ1) is 13.0. The van der Waals surface area contributed by atoms with Crippen LogP contribution < -0.4 is 20.1 Å². The molecular formula is C13H13BrN4O2. The lowest BCUT2D eigenvalue weighted by Gasteiger charge is -2.09. The number of aryl methyl sites for hydroxylation is 1. The van der Waals surface area contributed by atoms with Crippen LogP contribution in [0.4, 0.5) is 17.5 Å². The van der Waals surface area contributed by atoms with Crippen molar-refractivity contribution in [3.8, 4) is 11.5 Å². The second-order valence-corrected chi connectivity index (χ2v) is 5.14. The van der Waals surface area contributed by atoms with E-state index in [0.717, 1.165) is 27.4 Å². The van der Waals surface area contributed by atoms with E-state index < -0.39 is 0 Å². The van der Waals surface area contributed by atoms with Gasteiger partial charge in [-0.15, -0.1) is 0 Å². The van der Waals surface area contributed by atoms with E-state index in [1.165, 1.54) is 0 Å². The molecule has 2 N–H and O–H groups in total. The van der Waals surface area contributed by atoms with Gasteiger partial charge in [-0.3, -0.25) is 0 Å². The van der Waals surface area contributed by atoms with Gasteiger partial charge in [-0.05, 0) is 28.9 Å². The Kier molecular flexibility index (Phi) is 3.35. The summed E-state index contributed by atoms with van der Waals surface area (Å²) < 4.78 is 11.6. The number of hydrogen-bond acceptors (Lipinski definition) is 6. The molecular weight excluding hydrogens is 324 g/mol. The van der Waals surface area contributed by atoms with Crippen molar-refractivity contribution >= 4 is 33.4 Å². The van der Waals surface area contributed by atoms with E-state index in [0.29, 0.717) is 11.7 Å². The molecule has 0 saturated heterocycles. The Morgan fingerprint density at radius 1 is 1.20 bits per heavy atom. The minimum atomic E-state index is 0.238. The maximum Gasteiger partial charge on any atom is 0.231 e. The topological polar surface area (TPSA) is 68.3 Å². The highest BCUT2D eigenvalue weighted by molar-refractivity contribution is 9.10. The summed E-state index contributed by atoms with van der Waals surface area (Å²) in [6.07, 6.45) is 0. The normalized spacial score (nSPS) is 12.3.